The third-order valence-electron chi connectivity index (χ3n) is 7.67. The number of carbonyl (C=O) groups is 1. The van der Waals surface area contributed by atoms with Gasteiger partial charge in [0.25, 0.3) is 10.0 Å². The van der Waals surface area contributed by atoms with Gasteiger partial charge < -0.3 is 24.2 Å². The van der Waals surface area contributed by atoms with Gasteiger partial charge in [0.2, 0.25) is 12.7 Å². The van der Waals surface area contributed by atoms with E-state index in [4.69, 9.17) is 14.2 Å². The fourth-order valence-electron chi connectivity index (χ4n) is 5.26. The Hall–Kier alpha value is -3.87. The first-order valence-electron chi connectivity index (χ1n) is 14.1. The molecule has 12 heteroatoms. The molecule has 3 aromatic rings. The Kier molecular flexibility index (Phi) is 9.09. The number of fused-ring (bicyclic) bond motifs is 2. The summed E-state index contributed by atoms with van der Waals surface area (Å²) in [7, 11) is -2.01. The summed E-state index contributed by atoms with van der Waals surface area (Å²) < 4.78 is 59.2. The van der Waals surface area contributed by atoms with Gasteiger partial charge in [0.05, 0.1) is 24.0 Å². The first kappa shape index (κ1) is 30.6. The van der Waals surface area contributed by atoms with Crippen LogP contribution in [0.3, 0.4) is 0 Å². The number of rotatable bonds is 9. The highest BCUT2D eigenvalue weighted by Gasteiger charge is 2.31. The molecule has 2 N–H and O–H groups in total. The largest absolute Gasteiger partial charge is 0.488 e. The van der Waals surface area contributed by atoms with E-state index in [9.17, 15) is 22.7 Å². The van der Waals surface area contributed by atoms with Gasteiger partial charge in [0.1, 0.15) is 17.7 Å². The molecule has 43 heavy (non-hydrogen) atoms. The third kappa shape index (κ3) is 7.20. The number of hydrogen-bond donors (Lipinski definition) is 2. The Morgan fingerprint density at radius 3 is 2.53 bits per heavy atom. The van der Waals surface area contributed by atoms with E-state index in [1.165, 1.54) is 12.1 Å². The summed E-state index contributed by atoms with van der Waals surface area (Å²) in [6.07, 6.45) is -0.378. The topological polar surface area (TPSA) is 118 Å². The predicted molar refractivity (Wildman–Crippen MR) is 158 cm³/mol. The first-order chi connectivity index (χ1) is 20.5. The molecule has 10 nitrogen and oxygen atoms in total. The van der Waals surface area contributed by atoms with Crippen LogP contribution in [0.15, 0.2) is 65.6 Å². The van der Waals surface area contributed by atoms with E-state index in [1.807, 2.05) is 32.2 Å². The Bertz CT molecular complexity index is 1570. The number of halogens is 1. The van der Waals surface area contributed by atoms with Crippen LogP contribution >= 0.6 is 0 Å². The minimum atomic E-state index is -4.00. The maximum Gasteiger partial charge on any atom is 0.261 e. The Balaban J connectivity index is 1.40. The molecular weight excluding hydrogens is 577 g/mol. The fourth-order valence-corrected chi connectivity index (χ4v) is 6.31. The summed E-state index contributed by atoms with van der Waals surface area (Å²) in [5.74, 6) is 1.07. The number of amides is 1. The highest BCUT2D eigenvalue weighted by atomic mass is 32.2. The van der Waals surface area contributed by atoms with Crippen molar-refractivity contribution < 1.29 is 36.9 Å². The number of likely N-dealkylation sites (N-methyl/N-ethyl adjacent to an activating group) is 1. The van der Waals surface area contributed by atoms with Crippen LogP contribution < -0.4 is 18.9 Å². The number of benzene rings is 3. The van der Waals surface area contributed by atoms with Crippen molar-refractivity contribution in [1.82, 2.24) is 9.80 Å². The lowest BCUT2D eigenvalue weighted by atomic mass is 10.0. The van der Waals surface area contributed by atoms with E-state index in [1.54, 1.807) is 30.0 Å². The maximum absolute atomic E-state index is 13.5. The molecule has 0 radical (unpaired) electrons. The van der Waals surface area contributed by atoms with Crippen molar-refractivity contribution in [1.29, 1.82) is 0 Å². The second-order valence-electron chi connectivity index (χ2n) is 11.2. The van der Waals surface area contributed by atoms with Crippen molar-refractivity contribution in [3.63, 3.8) is 0 Å². The number of carbonyl (C=O) groups excluding carboxylic acids is 1. The molecule has 3 atom stereocenters. The molecular formula is C31H36FN3O7S. The molecule has 2 heterocycles. The van der Waals surface area contributed by atoms with Crippen molar-refractivity contribution in [2.24, 2.45) is 5.92 Å². The lowest BCUT2D eigenvalue weighted by Crippen LogP contribution is -2.47. The normalized spacial score (nSPS) is 19.2. The zero-order valence-electron chi connectivity index (χ0n) is 24.3. The van der Waals surface area contributed by atoms with Crippen molar-refractivity contribution in [2.45, 2.75) is 43.9 Å². The van der Waals surface area contributed by atoms with E-state index >= 15 is 0 Å². The average molecular weight is 614 g/mol. The second kappa shape index (κ2) is 12.8. The molecule has 0 spiro atoms. The highest BCUT2D eigenvalue weighted by Crippen LogP contribution is 2.33. The Morgan fingerprint density at radius 2 is 1.79 bits per heavy atom. The number of hydrogen-bond acceptors (Lipinski definition) is 8. The quantitative estimate of drug-likeness (QED) is 0.376. The number of sulfonamides is 1. The van der Waals surface area contributed by atoms with Gasteiger partial charge in [-0.1, -0.05) is 13.0 Å². The van der Waals surface area contributed by atoms with Crippen LogP contribution in [-0.4, -0.2) is 74.9 Å². The second-order valence-corrected chi connectivity index (χ2v) is 12.8. The first-order valence-corrected chi connectivity index (χ1v) is 15.6. The third-order valence-corrected chi connectivity index (χ3v) is 9.07. The molecule has 0 unspecified atom stereocenters. The molecule has 2 aliphatic heterocycles. The molecule has 0 bridgehead atoms. The van der Waals surface area contributed by atoms with E-state index in [2.05, 4.69) is 9.62 Å². The van der Waals surface area contributed by atoms with Crippen molar-refractivity contribution in [2.75, 3.05) is 38.3 Å². The van der Waals surface area contributed by atoms with Crippen LogP contribution in [0.1, 0.15) is 25.0 Å². The van der Waals surface area contributed by atoms with Gasteiger partial charge in [-0.3, -0.25) is 14.4 Å². The van der Waals surface area contributed by atoms with Crippen LogP contribution in [0.5, 0.6) is 17.2 Å². The van der Waals surface area contributed by atoms with Crippen LogP contribution in [0.4, 0.5) is 10.1 Å². The number of nitrogens with zero attached hydrogens (tertiary/aromatic N) is 2. The summed E-state index contributed by atoms with van der Waals surface area (Å²) in [6.45, 7) is 5.34. The molecule has 230 valence electrons. The van der Waals surface area contributed by atoms with Gasteiger partial charge in [-0.15, -0.1) is 0 Å². The molecule has 0 saturated heterocycles. The van der Waals surface area contributed by atoms with E-state index in [0.717, 1.165) is 23.4 Å². The van der Waals surface area contributed by atoms with Crippen LogP contribution in [0, 0.1) is 11.7 Å². The Morgan fingerprint density at radius 1 is 1.07 bits per heavy atom. The summed E-state index contributed by atoms with van der Waals surface area (Å²) in [5.41, 5.74) is 1.80. The van der Waals surface area contributed by atoms with Gasteiger partial charge in [-0.2, -0.15) is 0 Å². The van der Waals surface area contributed by atoms with Gasteiger partial charge in [-0.25, -0.2) is 12.8 Å². The molecule has 5 rings (SSSR count). The molecule has 1 amide bonds. The zero-order chi connectivity index (χ0) is 30.7. The SMILES string of the molecule is C[C@@H]1CN([C@H](C)CO)C(=O)Cc2cc(NS(=O)(=O)c3ccc(F)cc3)ccc2O[C@H]1CN(C)Cc1ccc2c(c1)OCO2. The van der Waals surface area contributed by atoms with Gasteiger partial charge in [-0.05, 0) is 74.1 Å². The molecule has 0 fully saturated rings. The van der Waals surface area contributed by atoms with Gasteiger partial charge >= 0.3 is 0 Å². The van der Waals surface area contributed by atoms with Crippen LogP contribution in [0.25, 0.3) is 0 Å². The molecule has 2 aliphatic rings. The smallest absolute Gasteiger partial charge is 0.261 e. The van der Waals surface area contributed by atoms with E-state index in [-0.39, 0.29) is 48.3 Å². The van der Waals surface area contributed by atoms with Crippen molar-refractivity contribution in [3.05, 3.63) is 77.6 Å². The van der Waals surface area contributed by atoms with Gasteiger partial charge in [0.15, 0.2) is 11.5 Å². The van der Waals surface area contributed by atoms with Crippen LogP contribution in [-0.2, 0) is 27.8 Å². The molecule has 0 aliphatic carbocycles. The van der Waals surface area contributed by atoms with Crippen LogP contribution in [0.2, 0.25) is 0 Å². The van der Waals surface area contributed by atoms with Crippen molar-refractivity contribution in [3.8, 4) is 17.2 Å². The number of ether oxygens (including phenoxy) is 3. The molecule has 3 aromatic carbocycles. The number of anilines is 1. The summed E-state index contributed by atoms with van der Waals surface area (Å²) in [6, 6.07) is 14.8. The highest BCUT2D eigenvalue weighted by molar-refractivity contribution is 7.92. The zero-order valence-corrected chi connectivity index (χ0v) is 25.1. The summed E-state index contributed by atoms with van der Waals surface area (Å²) in [4.78, 5) is 17.2. The summed E-state index contributed by atoms with van der Waals surface area (Å²) in [5, 5.41) is 9.91. The Labute approximate surface area is 251 Å². The average Bonchev–Trinajstić information content (AvgIpc) is 3.45. The fraction of sp³-hybridized carbons (Fsp3) is 0.387. The van der Waals surface area contributed by atoms with E-state index in [0.29, 0.717) is 36.7 Å². The van der Waals surface area contributed by atoms with Crippen molar-refractivity contribution >= 4 is 21.6 Å². The van der Waals surface area contributed by atoms with E-state index < -0.39 is 21.9 Å². The van der Waals surface area contributed by atoms with Gasteiger partial charge in [0, 0.05) is 36.8 Å². The molecule has 0 aromatic heterocycles. The number of aliphatic hydroxyl groups is 1. The number of aliphatic hydroxyl groups excluding tert-OH is 1. The lowest BCUT2D eigenvalue weighted by molar-refractivity contribution is -0.134. The summed E-state index contributed by atoms with van der Waals surface area (Å²) >= 11 is 0. The monoisotopic (exact) mass is 613 g/mol. The lowest BCUT2D eigenvalue weighted by Gasteiger charge is -2.34. The minimum absolute atomic E-state index is 0.0434. The minimum Gasteiger partial charge on any atom is -0.488 e. The standard InChI is InChI=1S/C31H36FN3O7S/c1-20-15-35(21(2)18-36)31(37)14-23-13-25(33-43(38,39)26-8-5-24(32)6-9-26)7-11-27(23)42-30(20)17-34(3)16-22-4-10-28-29(12-22)41-19-40-28/h4-13,20-21,30,33,36H,14-19H2,1-3H3/t20-,21-,30+/m1/s1. The molecule has 0 saturated carbocycles. The predicted octanol–water partition coefficient (Wildman–Crippen LogP) is 3.64. The maximum atomic E-state index is 13.5. The number of nitrogens with one attached hydrogen (secondary N) is 1.